The van der Waals surface area contributed by atoms with Crippen LogP contribution in [0.25, 0.3) is 0 Å². The summed E-state index contributed by atoms with van der Waals surface area (Å²) in [6.45, 7) is 1.54. The fraction of sp³-hybridized carbons (Fsp3) is 0.867. The number of carboxylic acid groups (broad SMARTS) is 1. The number of amides is 2. The van der Waals surface area contributed by atoms with E-state index in [0.717, 1.165) is 38.8 Å². The van der Waals surface area contributed by atoms with Crippen molar-refractivity contribution >= 4 is 12.0 Å². The van der Waals surface area contributed by atoms with E-state index in [1.165, 1.54) is 12.8 Å². The first-order valence-electron chi connectivity index (χ1n) is 7.81. The second kappa shape index (κ2) is 6.95. The summed E-state index contributed by atoms with van der Waals surface area (Å²) in [5.41, 5.74) is 0. The van der Waals surface area contributed by atoms with Crippen molar-refractivity contribution in [2.24, 2.45) is 5.92 Å². The van der Waals surface area contributed by atoms with E-state index in [2.05, 4.69) is 0 Å². The van der Waals surface area contributed by atoms with Gasteiger partial charge in [-0.2, -0.15) is 0 Å². The molecule has 5 nitrogen and oxygen atoms in total. The molecule has 114 valence electrons. The van der Waals surface area contributed by atoms with Crippen molar-refractivity contribution in [1.82, 2.24) is 9.80 Å². The molecule has 5 heteroatoms. The molecule has 1 aliphatic carbocycles. The van der Waals surface area contributed by atoms with Gasteiger partial charge in [0.2, 0.25) is 0 Å². The van der Waals surface area contributed by atoms with Crippen LogP contribution >= 0.6 is 0 Å². The maximum Gasteiger partial charge on any atom is 0.319 e. The average molecular weight is 282 g/mol. The molecule has 20 heavy (non-hydrogen) atoms. The first-order chi connectivity index (χ1) is 9.58. The van der Waals surface area contributed by atoms with Crippen molar-refractivity contribution < 1.29 is 14.7 Å². The summed E-state index contributed by atoms with van der Waals surface area (Å²) in [6, 6.07) is 0.541. The lowest BCUT2D eigenvalue weighted by Crippen LogP contribution is -2.49. The van der Waals surface area contributed by atoms with Gasteiger partial charge in [0, 0.05) is 32.6 Å². The van der Waals surface area contributed by atoms with Gasteiger partial charge < -0.3 is 14.9 Å². The number of piperidine rings is 1. The molecule has 0 bridgehead atoms. The number of likely N-dealkylation sites (tertiary alicyclic amines) is 1. The lowest BCUT2D eigenvalue weighted by atomic mass is 9.93. The molecule has 2 fully saturated rings. The molecule has 0 aromatic carbocycles. The SMILES string of the molecule is CN(C(=O)N1CCCC(CCC(=O)O)C1)C1CCCC1. The number of carbonyl (C=O) groups excluding carboxylic acids is 1. The number of urea groups is 1. The largest absolute Gasteiger partial charge is 0.481 e. The van der Waals surface area contributed by atoms with Crippen molar-refractivity contribution in [3.05, 3.63) is 0 Å². The Hall–Kier alpha value is -1.26. The summed E-state index contributed by atoms with van der Waals surface area (Å²) in [4.78, 5) is 27.0. The molecule has 1 unspecified atom stereocenters. The first kappa shape index (κ1) is 15.1. The molecular weight excluding hydrogens is 256 g/mol. The van der Waals surface area contributed by atoms with Crippen LogP contribution in [-0.2, 0) is 4.79 Å². The number of carbonyl (C=O) groups is 2. The molecule has 1 heterocycles. The summed E-state index contributed by atoms with van der Waals surface area (Å²) in [7, 11) is 1.92. The highest BCUT2D eigenvalue weighted by molar-refractivity contribution is 5.74. The van der Waals surface area contributed by atoms with E-state index in [1.807, 2.05) is 16.8 Å². The Morgan fingerprint density at radius 1 is 1.20 bits per heavy atom. The summed E-state index contributed by atoms with van der Waals surface area (Å²) < 4.78 is 0. The van der Waals surface area contributed by atoms with Crippen LogP contribution < -0.4 is 0 Å². The normalized spacial score (nSPS) is 23.9. The minimum atomic E-state index is -0.739. The Morgan fingerprint density at radius 2 is 1.90 bits per heavy atom. The van der Waals surface area contributed by atoms with E-state index < -0.39 is 5.97 Å². The third-order valence-electron chi connectivity index (χ3n) is 4.73. The Kier molecular flexibility index (Phi) is 5.26. The topological polar surface area (TPSA) is 60.9 Å². The Balaban J connectivity index is 1.84. The quantitative estimate of drug-likeness (QED) is 0.862. The Bertz CT molecular complexity index is 353. The molecule has 0 aromatic heterocycles. The predicted octanol–water partition coefficient (Wildman–Crippen LogP) is 2.56. The van der Waals surface area contributed by atoms with Gasteiger partial charge in [0.25, 0.3) is 0 Å². The highest BCUT2D eigenvalue weighted by atomic mass is 16.4. The molecule has 1 N–H and O–H groups in total. The Morgan fingerprint density at radius 3 is 2.55 bits per heavy atom. The van der Waals surface area contributed by atoms with Crippen molar-refractivity contribution in [1.29, 1.82) is 0 Å². The van der Waals surface area contributed by atoms with Crippen LogP contribution in [0.1, 0.15) is 51.4 Å². The van der Waals surface area contributed by atoms with Gasteiger partial charge in [-0.15, -0.1) is 0 Å². The maximum atomic E-state index is 12.5. The Labute approximate surface area is 120 Å². The molecule has 0 aromatic rings. The second-order valence-corrected chi connectivity index (χ2v) is 6.22. The first-order valence-corrected chi connectivity index (χ1v) is 7.81. The molecule has 2 amide bonds. The highest BCUT2D eigenvalue weighted by Crippen LogP contribution is 2.26. The van der Waals surface area contributed by atoms with Gasteiger partial charge in [0.05, 0.1) is 0 Å². The minimum Gasteiger partial charge on any atom is -0.481 e. The van der Waals surface area contributed by atoms with Crippen LogP contribution in [0.5, 0.6) is 0 Å². The third kappa shape index (κ3) is 3.87. The van der Waals surface area contributed by atoms with Crippen molar-refractivity contribution in [3.8, 4) is 0 Å². The number of rotatable bonds is 4. The van der Waals surface area contributed by atoms with Gasteiger partial charge >= 0.3 is 12.0 Å². The van der Waals surface area contributed by atoms with Gasteiger partial charge in [-0.3, -0.25) is 4.79 Å². The molecule has 1 saturated heterocycles. The molecule has 2 rings (SSSR count). The zero-order chi connectivity index (χ0) is 14.5. The van der Waals surface area contributed by atoms with Gasteiger partial charge in [-0.05, 0) is 38.0 Å². The predicted molar refractivity (Wildman–Crippen MR) is 76.6 cm³/mol. The lowest BCUT2D eigenvalue weighted by molar-refractivity contribution is -0.137. The molecule has 1 aliphatic heterocycles. The third-order valence-corrected chi connectivity index (χ3v) is 4.73. The smallest absolute Gasteiger partial charge is 0.319 e. The average Bonchev–Trinajstić information content (AvgIpc) is 2.98. The molecular formula is C15H26N2O3. The van der Waals surface area contributed by atoms with E-state index >= 15 is 0 Å². The number of carboxylic acids is 1. The number of aliphatic carboxylic acids is 1. The van der Waals surface area contributed by atoms with Crippen LogP contribution in [0.3, 0.4) is 0 Å². The van der Waals surface area contributed by atoms with Gasteiger partial charge in [-0.25, -0.2) is 4.79 Å². The zero-order valence-corrected chi connectivity index (χ0v) is 12.4. The highest BCUT2D eigenvalue weighted by Gasteiger charge is 2.30. The second-order valence-electron chi connectivity index (χ2n) is 6.22. The molecule has 0 spiro atoms. The van der Waals surface area contributed by atoms with E-state index in [4.69, 9.17) is 5.11 Å². The summed E-state index contributed by atoms with van der Waals surface area (Å²) >= 11 is 0. The number of hydrogen-bond acceptors (Lipinski definition) is 2. The summed E-state index contributed by atoms with van der Waals surface area (Å²) in [6.07, 6.45) is 7.64. The maximum absolute atomic E-state index is 12.5. The number of hydrogen-bond donors (Lipinski definition) is 1. The summed E-state index contributed by atoms with van der Waals surface area (Å²) in [5.74, 6) is -0.391. The van der Waals surface area contributed by atoms with Gasteiger partial charge in [-0.1, -0.05) is 12.8 Å². The zero-order valence-electron chi connectivity index (χ0n) is 12.4. The molecule has 1 atom stereocenters. The van der Waals surface area contributed by atoms with E-state index in [0.29, 0.717) is 18.4 Å². The molecule has 2 aliphatic rings. The van der Waals surface area contributed by atoms with Crippen LogP contribution in [0.2, 0.25) is 0 Å². The molecule has 1 saturated carbocycles. The van der Waals surface area contributed by atoms with Crippen molar-refractivity contribution in [3.63, 3.8) is 0 Å². The molecule has 0 radical (unpaired) electrons. The van der Waals surface area contributed by atoms with E-state index in [9.17, 15) is 9.59 Å². The van der Waals surface area contributed by atoms with Crippen molar-refractivity contribution in [2.45, 2.75) is 57.4 Å². The van der Waals surface area contributed by atoms with Gasteiger partial charge in [0.1, 0.15) is 0 Å². The fourth-order valence-electron chi connectivity index (χ4n) is 3.47. The van der Waals surface area contributed by atoms with Crippen LogP contribution in [0.4, 0.5) is 4.79 Å². The minimum absolute atomic E-state index is 0.136. The van der Waals surface area contributed by atoms with E-state index in [-0.39, 0.29) is 12.5 Å². The van der Waals surface area contributed by atoms with Crippen LogP contribution in [0, 0.1) is 5.92 Å². The van der Waals surface area contributed by atoms with Crippen LogP contribution in [-0.4, -0.2) is 53.1 Å². The van der Waals surface area contributed by atoms with Crippen LogP contribution in [0.15, 0.2) is 0 Å². The number of nitrogens with zero attached hydrogens (tertiary/aromatic N) is 2. The van der Waals surface area contributed by atoms with Gasteiger partial charge in [0.15, 0.2) is 0 Å². The van der Waals surface area contributed by atoms with Crippen molar-refractivity contribution in [2.75, 3.05) is 20.1 Å². The summed E-state index contributed by atoms with van der Waals surface area (Å²) in [5, 5.41) is 8.76. The monoisotopic (exact) mass is 282 g/mol. The lowest BCUT2D eigenvalue weighted by Gasteiger charge is -2.37. The standard InChI is InChI=1S/C15H26N2O3/c1-16(13-6-2-3-7-13)15(20)17-10-4-5-12(11-17)8-9-14(18)19/h12-13H,2-11H2,1H3,(H,18,19). The van der Waals surface area contributed by atoms with E-state index in [1.54, 1.807) is 0 Å². The fourth-order valence-corrected chi connectivity index (χ4v) is 3.47.